The lowest BCUT2D eigenvalue weighted by molar-refractivity contribution is -0.0983. The molecule has 0 aromatic rings. The number of hydrogen-bond acceptors (Lipinski definition) is 3. The minimum absolute atomic E-state index is 0.191. The van der Waals surface area contributed by atoms with Crippen LogP contribution in [0.2, 0.25) is 0 Å². The van der Waals surface area contributed by atoms with Crippen LogP contribution in [0, 0.1) is 5.92 Å². The number of ether oxygens (including phenoxy) is 1. The van der Waals surface area contributed by atoms with E-state index in [1.165, 1.54) is 5.01 Å². The summed E-state index contributed by atoms with van der Waals surface area (Å²) in [5.74, 6) is 0.191. The fraction of sp³-hybridized carbons (Fsp3) is 1.00. The Kier molecular flexibility index (Phi) is 2.98. The van der Waals surface area contributed by atoms with Crippen LogP contribution in [0.4, 0.5) is 8.78 Å². The molecule has 0 aliphatic carbocycles. The van der Waals surface area contributed by atoms with E-state index in [2.05, 4.69) is 5.43 Å². The lowest BCUT2D eigenvalue weighted by Crippen LogP contribution is -2.39. The van der Waals surface area contributed by atoms with Crippen molar-refractivity contribution in [3.63, 3.8) is 0 Å². The minimum atomic E-state index is -2.47. The number of hydrogen-bond donors (Lipinski definition) is 1. The highest BCUT2D eigenvalue weighted by Gasteiger charge is 2.37. The van der Waals surface area contributed by atoms with E-state index in [4.69, 9.17) is 4.74 Å². The Morgan fingerprint density at radius 2 is 2.00 bits per heavy atom. The van der Waals surface area contributed by atoms with E-state index in [0.717, 1.165) is 0 Å². The Balaban J connectivity index is 2.50. The van der Waals surface area contributed by atoms with Gasteiger partial charge in [-0.05, 0) is 5.92 Å². The topological polar surface area (TPSA) is 24.5 Å². The third-order valence-electron chi connectivity index (χ3n) is 1.82. The van der Waals surface area contributed by atoms with Crippen LogP contribution in [-0.4, -0.2) is 30.9 Å². The van der Waals surface area contributed by atoms with Crippen molar-refractivity contribution in [1.82, 2.24) is 10.4 Å². The van der Waals surface area contributed by atoms with E-state index in [9.17, 15) is 8.78 Å². The normalized spacial score (nSPS) is 32.2. The van der Waals surface area contributed by atoms with Gasteiger partial charge in [0.2, 0.25) is 0 Å². The Hall–Kier alpha value is -0.260. The summed E-state index contributed by atoms with van der Waals surface area (Å²) in [5, 5.41) is 1.31. The van der Waals surface area contributed by atoms with Gasteiger partial charge in [-0.25, -0.2) is 19.2 Å². The summed E-state index contributed by atoms with van der Waals surface area (Å²) in [6.07, 6.45) is -3.88. The van der Waals surface area contributed by atoms with Crippen molar-refractivity contribution >= 4 is 0 Å². The molecule has 72 valence electrons. The second-order valence-corrected chi connectivity index (χ2v) is 3.27. The predicted octanol–water partition coefficient (Wildman–Crippen LogP) is 1.03. The molecule has 1 N–H and O–H groups in total. The van der Waals surface area contributed by atoms with Crippen molar-refractivity contribution in [2.24, 2.45) is 5.92 Å². The summed E-state index contributed by atoms with van der Waals surface area (Å²) in [5.41, 5.74) is 2.82. The zero-order valence-corrected chi connectivity index (χ0v) is 7.42. The van der Waals surface area contributed by atoms with E-state index < -0.39 is 12.7 Å². The number of rotatable bonds is 2. The van der Waals surface area contributed by atoms with Crippen molar-refractivity contribution in [3.8, 4) is 0 Å². The van der Waals surface area contributed by atoms with E-state index >= 15 is 0 Å². The highest BCUT2D eigenvalue weighted by molar-refractivity contribution is 4.71. The summed E-state index contributed by atoms with van der Waals surface area (Å²) < 4.78 is 29.5. The molecule has 5 heteroatoms. The van der Waals surface area contributed by atoms with Crippen LogP contribution in [0.5, 0.6) is 0 Å². The molecule has 0 saturated carbocycles. The van der Waals surface area contributed by atoms with Crippen LogP contribution in [0.25, 0.3) is 0 Å². The van der Waals surface area contributed by atoms with Gasteiger partial charge in [0, 0.05) is 7.05 Å². The number of halogens is 2. The van der Waals surface area contributed by atoms with E-state index in [1.54, 1.807) is 7.05 Å². The second-order valence-electron chi connectivity index (χ2n) is 3.27. The van der Waals surface area contributed by atoms with Crippen LogP contribution < -0.4 is 5.43 Å². The van der Waals surface area contributed by atoms with E-state index in [-0.39, 0.29) is 12.1 Å². The molecular weight excluding hydrogens is 166 g/mol. The van der Waals surface area contributed by atoms with Crippen LogP contribution in [0.1, 0.15) is 13.8 Å². The molecule has 12 heavy (non-hydrogen) atoms. The predicted molar refractivity (Wildman–Crippen MR) is 40.4 cm³/mol. The Labute approximate surface area is 70.6 Å². The van der Waals surface area contributed by atoms with Gasteiger partial charge in [0.05, 0.1) is 0 Å². The maximum absolute atomic E-state index is 12.2. The molecule has 0 spiro atoms. The van der Waals surface area contributed by atoms with Crippen molar-refractivity contribution in [3.05, 3.63) is 0 Å². The molecule has 0 amide bonds. The Morgan fingerprint density at radius 3 is 2.25 bits per heavy atom. The quantitative estimate of drug-likeness (QED) is 0.686. The van der Waals surface area contributed by atoms with Crippen LogP contribution in [0.15, 0.2) is 0 Å². The average molecular weight is 180 g/mol. The highest BCUT2D eigenvalue weighted by Crippen LogP contribution is 2.19. The van der Waals surface area contributed by atoms with Crippen molar-refractivity contribution in [1.29, 1.82) is 0 Å². The molecule has 0 aromatic carbocycles. The summed E-state index contributed by atoms with van der Waals surface area (Å²) in [6.45, 7) is 3.83. The van der Waals surface area contributed by atoms with Crippen molar-refractivity contribution in [2.45, 2.75) is 32.7 Å². The molecule has 1 aliphatic heterocycles. The Morgan fingerprint density at radius 1 is 1.42 bits per heavy atom. The fourth-order valence-electron chi connectivity index (χ4n) is 1.08. The van der Waals surface area contributed by atoms with Crippen LogP contribution in [-0.2, 0) is 4.74 Å². The van der Waals surface area contributed by atoms with Crippen LogP contribution in [0.3, 0.4) is 0 Å². The highest BCUT2D eigenvalue weighted by atomic mass is 19.3. The molecule has 0 aromatic heterocycles. The van der Waals surface area contributed by atoms with Gasteiger partial charge in [-0.2, -0.15) is 0 Å². The number of alkyl halides is 2. The smallest absolute Gasteiger partial charge is 0.278 e. The first-order valence-electron chi connectivity index (χ1n) is 3.95. The summed E-state index contributed by atoms with van der Waals surface area (Å²) in [4.78, 5) is 0. The standard InChI is InChI=1S/C7H14F2N2O/c1-4(2)6-10-11(3)7(12-6)5(8)9/h4-7,10H,1-3H3. The molecular formula is C7H14F2N2O. The van der Waals surface area contributed by atoms with E-state index in [1.807, 2.05) is 13.8 Å². The molecule has 3 nitrogen and oxygen atoms in total. The summed E-state index contributed by atoms with van der Waals surface area (Å²) in [7, 11) is 1.55. The fourth-order valence-corrected chi connectivity index (χ4v) is 1.08. The maximum atomic E-state index is 12.2. The largest absolute Gasteiger partial charge is 0.336 e. The summed E-state index contributed by atoms with van der Waals surface area (Å²) >= 11 is 0. The maximum Gasteiger partial charge on any atom is 0.278 e. The van der Waals surface area contributed by atoms with Gasteiger partial charge >= 0.3 is 0 Å². The Bertz CT molecular complexity index is 154. The lowest BCUT2D eigenvalue weighted by Gasteiger charge is -2.14. The first-order valence-corrected chi connectivity index (χ1v) is 3.95. The van der Waals surface area contributed by atoms with Crippen LogP contribution >= 0.6 is 0 Å². The summed E-state index contributed by atoms with van der Waals surface area (Å²) in [6, 6.07) is 0. The van der Waals surface area contributed by atoms with Gasteiger partial charge in [0.15, 0.2) is 6.23 Å². The molecule has 1 saturated heterocycles. The van der Waals surface area contributed by atoms with Gasteiger partial charge in [-0.1, -0.05) is 13.8 Å². The molecule has 0 radical (unpaired) electrons. The van der Waals surface area contributed by atoms with Gasteiger partial charge < -0.3 is 4.74 Å². The number of nitrogens with one attached hydrogen (secondary N) is 1. The molecule has 1 aliphatic rings. The first-order chi connectivity index (χ1) is 5.52. The van der Waals surface area contributed by atoms with Gasteiger partial charge in [0.1, 0.15) is 6.23 Å². The molecule has 2 unspecified atom stereocenters. The molecule has 1 heterocycles. The minimum Gasteiger partial charge on any atom is -0.336 e. The van der Waals surface area contributed by atoms with E-state index in [0.29, 0.717) is 0 Å². The molecule has 1 rings (SSSR count). The number of hydrazine groups is 1. The second kappa shape index (κ2) is 3.64. The third kappa shape index (κ3) is 1.91. The SMILES string of the molecule is CC(C)C1NN(C)C(C(F)F)O1. The molecule has 0 bridgehead atoms. The third-order valence-corrected chi connectivity index (χ3v) is 1.82. The first kappa shape index (κ1) is 9.83. The van der Waals surface area contributed by atoms with Gasteiger partial charge in [-0.15, -0.1) is 0 Å². The van der Waals surface area contributed by atoms with Crippen molar-refractivity contribution < 1.29 is 13.5 Å². The lowest BCUT2D eigenvalue weighted by atomic mass is 10.2. The molecule has 2 atom stereocenters. The molecule has 1 fully saturated rings. The van der Waals surface area contributed by atoms with Crippen molar-refractivity contribution in [2.75, 3.05) is 7.05 Å². The zero-order chi connectivity index (χ0) is 9.30. The van der Waals surface area contributed by atoms with Gasteiger partial charge in [-0.3, -0.25) is 0 Å². The number of nitrogens with zero attached hydrogens (tertiary/aromatic N) is 1. The zero-order valence-electron chi connectivity index (χ0n) is 7.42. The monoisotopic (exact) mass is 180 g/mol. The average Bonchev–Trinajstić information content (AvgIpc) is 2.30. The van der Waals surface area contributed by atoms with Gasteiger partial charge in [0.25, 0.3) is 6.43 Å².